The van der Waals surface area contributed by atoms with E-state index in [0.29, 0.717) is 0 Å². The predicted octanol–water partition coefficient (Wildman–Crippen LogP) is 1.66. The van der Waals surface area contributed by atoms with E-state index in [1.165, 1.54) is 6.92 Å². The molecule has 1 aromatic rings. The molecule has 0 spiro atoms. The monoisotopic (exact) mass is 199 g/mol. The summed E-state index contributed by atoms with van der Waals surface area (Å²) in [6.07, 6.45) is -0.649. The SMILES string of the molecule is CC(O)Cc1cc(F)ccc1[N+](=O)[O-]. The third-order valence-corrected chi connectivity index (χ3v) is 1.75. The van der Waals surface area contributed by atoms with Crippen molar-refractivity contribution in [3.63, 3.8) is 0 Å². The molecule has 0 heterocycles. The third kappa shape index (κ3) is 2.50. The zero-order valence-electron chi connectivity index (χ0n) is 7.61. The first-order valence-electron chi connectivity index (χ1n) is 4.11. The van der Waals surface area contributed by atoms with E-state index in [1.807, 2.05) is 0 Å². The summed E-state index contributed by atoms with van der Waals surface area (Å²) in [5.74, 6) is -0.536. The smallest absolute Gasteiger partial charge is 0.272 e. The second-order valence-corrected chi connectivity index (χ2v) is 3.08. The van der Waals surface area contributed by atoms with Crippen LogP contribution in [0.15, 0.2) is 18.2 Å². The van der Waals surface area contributed by atoms with Crippen LogP contribution in [0.25, 0.3) is 0 Å². The highest BCUT2D eigenvalue weighted by molar-refractivity contribution is 5.40. The molecule has 5 heteroatoms. The maximum absolute atomic E-state index is 12.8. The number of aliphatic hydroxyl groups excluding tert-OH is 1. The molecule has 0 radical (unpaired) electrons. The molecule has 1 unspecified atom stereocenters. The van der Waals surface area contributed by atoms with Crippen molar-refractivity contribution in [1.29, 1.82) is 0 Å². The minimum Gasteiger partial charge on any atom is -0.393 e. The molecule has 0 saturated heterocycles. The van der Waals surface area contributed by atoms with Gasteiger partial charge in [0.2, 0.25) is 0 Å². The first-order valence-corrected chi connectivity index (χ1v) is 4.11. The van der Waals surface area contributed by atoms with Crippen LogP contribution >= 0.6 is 0 Å². The molecule has 0 aliphatic rings. The van der Waals surface area contributed by atoms with Gasteiger partial charge in [0.25, 0.3) is 5.69 Å². The van der Waals surface area contributed by atoms with Gasteiger partial charge in [0.1, 0.15) is 5.82 Å². The van der Waals surface area contributed by atoms with Crippen molar-refractivity contribution in [2.45, 2.75) is 19.4 Å². The van der Waals surface area contributed by atoms with Crippen molar-refractivity contribution in [3.05, 3.63) is 39.7 Å². The molecule has 4 nitrogen and oxygen atoms in total. The van der Waals surface area contributed by atoms with Gasteiger partial charge in [0.15, 0.2) is 0 Å². The van der Waals surface area contributed by atoms with Crippen molar-refractivity contribution < 1.29 is 14.4 Å². The van der Waals surface area contributed by atoms with Crippen LogP contribution in [-0.2, 0) is 6.42 Å². The topological polar surface area (TPSA) is 63.4 Å². The summed E-state index contributed by atoms with van der Waals surface area (Å²) < 4.78 is 12.8. The summed E-state index contributed by atoms with van der Waals surface area (Å²) in [7, 11) is 0. The Balaban J connectivity index is 3.09. The lowest BCUT2D eigenvalue weighted by Crippen LogP contribution is -2.07. The molecule has 1 N–H and O–H groups in total. The average molecular weight is 199 g/mol. The molecule has 14 heavy (non-hydrogen) atoms. The third-order valence-electron chi connectivity index (χ3n) is 1.75. The Labute approximate surface area is 80.1 Å². The normalized spacial score (nSPS) is 12.5. The standard InChI is InChI=1S/C9H10FNO3/c1-6(12)4-7-5-8(10)2-3-9(7)11(13)14/h2-3,5-6,12H,4H2,1H3. The number of nitro benzene ring substituents is 1. The first kappa shape index (κ1) is 10.6. The van der Waals surface area contributed by atoms with E-state index in [-0.39, 0.29) is 17.7 Å². The Hall–Kier alpha value is -1.49. The van der Waals surface area contributed by atoms with Gasteiger partial charge >= 0.3 is 0 Å². The first-order chi connectivity index (χ1) is 6.50. The molecule has 76 valence electrons. The summed E-state index contributed by atoms with van der Waals surface area (Å²) in [5.41, 5.74) is 0.0531. The minimum atomic E-state index is -0.726. The molecule has 0 bridgehead atoms. The van der Waals surface area contributed by atoms with Gasteiger partial charge in [-0.25, -0.2) is 4.39 Å². The highest BCUT2D eigenvalue weighted by Crippen LogP contribution is 2.20. The molecule has 0 amide bonds. The average Bonchev–Trinajstić information content (AvgIpc) is 2.01. The zero-order chi connectivity index (χ0) is 10.7. The van der Waals surface area contributed by atoms with Gasteiger partial charge in [-0.05, 0) is 19.1 Å². The number of benzene rings is 1. The van der Waals surface area contributed by atoms with Gasteiger partial charge in [0, 0.05) is 18.1 Å². The van der Waals surface area contributed by atoms with Crippen LogP contribution in [0.5, 0.6) is 0 Å². The van der Waals surface area contributed by atoms with Crippen molar-refractivity contribution in [2.75, 3.05) is 0 Å². The number of hydrogen-bond donors (Lipinski definition) is 1. The quantitative estimate of drug-likeness (QED) is 0.594. The predicted molar refractivity (Wildman–Crippen MR) is 48.4 cm³/mol. The molecule has 0 fully saturated rings. The van der Waals surface area contributed by atoms with Gasteiger partial charge in [-0.1, -0.05) is 0 Å². The number of nitro groups is 1. The van der Waals surface area contributed by atoms with E-state index in [4.69, 9.17) is 5.11 Å². The van der Waals surface area contributed by atoms with Crippen LogP contribution in [0.1, 0.15) is 12.5 Å². The Morgan fingerprint density at radius 1 is 1.64 bits per heavy atom. The molecular weight excluding hydrogens is 189 g/mol. The lowest BCUT2D eigenvalue weighted by Gasteiger charge is -2.04. The molecule has 0 aromatic heterocycles. The van der Waals surface area contributed by atoms with E-state index in [0.717, 1.165) is 18.2 Å². The molecular formula is C9H10FNO3. The summed E-state index contributed by atoms with van der Waals surface area (Å²) in [6.45, 7) is 1.49. The van der Waals surface area contributed by atoms with Crippen LogP contribution in [-0.4, -0.2) is 16.1 Å². The fourth-order valence-electron chi connectivity index (χ4n) is 1.21. The van der Waals surface area contributed by atoms with Gasteiger partial charge in [-0.3, -0.25) is 10.1 Å². The second kappa shape index (κ2) is 4.15. The molecule has 0 aliphatic carbocycles. The van der Waals surface area contributed by atoms with Crippen molar-refractivity contribution in [3.8, 4) is 0 Å². The maximum atomic E-state index is 12.8. The maximum Gasteiger partial charge on any atom is 0.272 e. The Morgan fingerprint density at radius 2 is 2.29 bits per heavy atom. The number of aliphatic hydroxyl groups is 1. The number of rotatable bonds is 3. The zero-order valence-corrected chi connectivity index (χ0v) is 7.61. The largest absolute Gasteiger partial charge is 0.393 e. The van der Waals surface area contributed by atoms with Crippen LogP contribution in [0, 0.1) is 15.9 Å². The fourth-order valence-corrected chi connectivity index (χ4v) is 1.21. The Bertz CT molecular complexity index is 352. The van der Waals surface area contributed by atoms with Crippen LogP contribution in [0.2, 0.25) is 0 Å². The molecule has 1 aromatic carbocycles. The van der Waals surface area contributed by atoms with Crippen molar-refractivity contribution in [2.24, 2.45) is 0 Å². The highest BCUT2D eigenvalue weighted by Gasteiger charge is 2.15. The summed E-state index contributed by atoms with van der Waals surface area (Å²) in [4.78, 5) is 9.93. The molecule has 0 saturated carbocycles. The van der Waals surface area contributed by atoms with E-state index < -0.39 is 16.8 Å². The molecule has 1 rings (SSSR count). The second-order valence-electron chi connectivity index (χ2n) is 3.08. The number of nitrogens with zero attached hydrogens (tertiary/aromatic N) is 1. The van der Waals surface area contributed by atoms with Gasteiger partial charge in [-0.15, -0.1) is 0 Å². The van der Waals surface area contributed by atoms with Crippen molar-refractivity contribution in [1.82, 2.24) is 0 Å². The molecule has 0 aliphatic heterocycles. The Morgan fingerprint density at radius 3 is 2.79 bits per heavy atom. The number of hydrogen-bond acceptors (Lipinski definition) is 3. The van der Waals surface area contributed by atoms with E-state index in [1.54, 1.807) is 0 Å². The fraction of sp³-hybridized carbons (Fsp3) is 0.333. The van der Waals surface area contributed by atoms with Crippen LogP contribution in [0.3, 0.4) is 0 Å². The van der Waals surface area contributed by atoms with Crippen LogP contribution in [0.4, 0.5) is 10.1 Å². The minimum absolute atomic E-state index is 0.0775. The van der Waals surface area contributed by atoms with Crippen molar-refractivity contribution >= 4 is 5.69 Å². The lowest BCUT2D eigenvalue weighted by atomic mass is 10.1. The van der Waals surface area contributed by atoms with E-state index >= 15 is 0 Å². The van der Waals surface area contributed by atoms with E-state index in [2.05, 4.69) is 0 Å². The van der Waals surface area contributed by atoms with Gasteiger partial charge in [-0.2, -0.15) is 0 Å². The van der Waals surface area contributed by atoms with Crippen LogP contribution < -0.4 is 0 Å². The number of halogens is 1. The summed E-state index contributed by atoms with van der Waals surface area (Å²) in [5, 5.41) is 19.6. The Kier molecular flexibility index (Phi) is 3.14. The highest BCUT2D eigenvalue weighted by atomic mass is 19.1. The summed E-state index contributed by atoms with van der Waals surface area (Å²) in [6, 6.07) is 3.21. The molecule has 1 atom stereocenters. The van der Waals surface area contributed by atoms with Gasteiger partial charge in [0.05, 0.1) is 11.0 Å². The summed E-state index contributed by atoms with van der Waals surface area (Å²) >= 11 is 0. The van der Waals surface area contributed by atoms with Gasteiger partial charge < -0.3 is 5.11 Å². The van der Waals surface area contributed by atoms with E-state index in [9.17, 15) is 14.5 Å². The lowest BCUT2D eigenvalue weighted by molar-refractivity contribution is -0.385.